The number of benzene rings is 2. The molecule has 8 amide bonds. The molecule has 0 saturated carbocycles. The normalized spacial score (nSPS) is 18.9. The fourth-order valence-corrected chi connectivity index (χ4v) is 11.9. The SMILES string of the molecule is CC[C@H](C)[C@H](NC(=O)[C@H]1CCCC[N+]1(C)Cc1ccc(NC(=O)[C@H](CCC(=O)O)NC(=O)[C@@H](NC(=O)C(CN)N2C(=O)C=CC2=O)C(C)C)cc1)C(=O)N(C)C(C[C@@H](OC(C)=O)c1nc(C(=O)N[C@@H](Cc2ccccc2)C[C@H](C)C(=O)O)cs1)C(C)C. The van der Waals surface area contributed by atoms with Crippen LogP contribution < -0.4 is 32.3 Å². The number of imide groups is 1. The number of thiazole rings is 1. The van der Waals surface area contributed by atoms with Gasteiger partial charge in [0.25, 0.3) is 23.6 Å². The molecule has 2 aliphatic rings. The molecule has 2 aromatic carbocycles. The van der Waals surface area contributed by atoms with Crippen LogP contribution in [0, 0.1) is 23.7 Å². The Balaban J connectivity index is 1.27. The summed E-state index contributed by atoms with van der Waals surface area (Å²) in [5.74, 6) is -9.62. The van der Waals surface area contributed by atoms with E-state index in [0.717, 1.165) is 47.5 Å². The molecule has 0 radical (unpaired) electrons. The van der Waals surface area contributed by atoms with Crippen molar-refractivity contribution < 1.29 is 72.2 Å². The standard InChI is InChI=1S/C62H86N10O14S/c1-11-37(6)54(61(83)70(9)46(35(2)3)31-49(86-39(8)73)60-67-45(34-87-60)56(79)65-43(29-38(7)62(84)85)30-40-17-13-12-14-18-40)69-58(81)48-19-15-16-28-72(48,10)33-41-20-22-42(23-21-41)64-55(78)44(24-27-52(76)77)66-59(82)53(36(4)5)68-57(80)47(32-63)71-50(74)25-26-51(71)75/h12-14,17-18,20-23,25-26,34-38,43-44,46-49,53-54H,11,15-16,19,24,27-33,63H2,1-10H3,(H6-,64,65,66,68,69,76,77,78,79,80,81,82,84,85)/p+1/t37-,38-,43+,44-,46?,47?,48+,49+,53-,54-,72?/m0/s1. The highest BCUT2D eigenvalue weighted by molar-refractivity contribution is 7.09. The third kappa shape index (κ3) is 19.6. The molecule has 5 rings (SSSR count). The lowest BCUT2D eigenvalue weighted by atomic mass is 9.92. The fourth-order valence-electron chi connectivity index (χ4n) is 11.1. The van der Waals surface area contributed by atoms with Crippen molar-refractivity contribution >= 4 is 82.2 Å². The van der Waals surface area contributed by atoms with Crippen LogP contribution in [0.4, 0.5) is 5.69 Å². The number of likely N-dealkylation sites (N-methyl/N-ethyl adjacent to an activating group) is 2. The van der Waals surface area contributed by atoms with Gasteiger partial charge in [-0.3, -0.25) is 57.6 Å². The zero-order valence-electron chi connectivity index (χ0n) is 51.4. The molecule has 25 heteroatoms. The number of quaternary nitrogens is 1. The number of piperidine rings is 1. The predicted octanol–water partition coefficient (Wildman–Crippen LogP) is 4.48. The van der Waals surface area contributed by atoms with Crippen molar-refractivity contribution in [3.63, 3.8) is 0 Å². The van der Waals surface area contributed by atoms with Crippen molar-refractivity contribution in [2.75, 3.05) is 32.5 Å². The summed E-state index contributed by atoms with van der Waals surface area (Å²) in [4.78, 5) is 152. The molecule has 3 heterocycles. The van der Waals surface area contributed by atoms with Crippen molar-refractivity contribution in [2.24, 2.45) is 29.4 Å². The average Bonchev–Trinajstić information content (AvgIpc) is 2.23. The number of amides is 8. The van der Waals surface area contributed by atoms with Gasteiger partial charge in [-0.1, -0.05) is 97.4 Å². The second kappa shape index (κ2) is 32.2. The van der Waals surface area contributed by atoms with Crippen LogP contribution in [0.3, 0.4) is 0 Å². The van der Waals surface area contributed by atoms with Crippen LogP contribution >= 0.6 is 11.3 Å². The Kier molecular flexibility index (Phi) is 25.8. The van der Waals surface area contributed by atoms with Crippen LogP contribution in [0.15, 0.2) is 72.1 Å². The van der Waals surface area contributed by atoms with Crippen LogP contribution in [-0.4, -0.2) is 164 Å². The zero-order valence-corrected chi connectivity index (χ0v) is 52.2. The van der Waals surface area contributed by atoms with Gasteiger partial charge in [0.1, 0.15) is 41.4 Å². The monoisotopic (exact) mass is 1230 g/mol. The largest absolute Gasteiger partial charge is 0.481 e. The molecule has 1 aromatic heterocycles. The molecule has 1 fully saturated rings. The second-order valence-electron chi connectivity index (χ2n) is 23.8. The molecular weight excluding hydrogens is 1140 g/mol. The minimum atomic E-state index is -1.42. The fraction of sp³-hybridized carbons (Fsp3) is 0.548. The molecule has 9 N–H and O–H groups in total. The van der Waals surface area contributed by atoms with E-state index in [0.29, 0.717) is 52.4 Å². The highest BCUT2D eigenvalue weighted by Gasteiger charge is 2.44. The van der Waals surface area contributed by atoms with Gasteiger partial charge in [-0.05, 0) is 67.6 Å². The molecule has 1 saturated heterocycles. The number of carbonyl (C=O) groups excluding carboxylic acids is 9. The Bertz CT molecular complexity index is 2960. The number of carboxylic acids is 2. The maximum atomic E-state index is 14.9. The predicted molar refractivity (Wildman–Crippen MR) is 324 cm³/mol. The number of hydrogen-bond donors (Lipinski definition) is 8. The van der Waals surface area contributed by atoms with Crippen LogP contribution in [-0.2, 0) is 65.6 Å². The maximum Gasteiger partial charge on any atom is 0.306 e. The Morgan fingerprint density at radius 3 is 2.05 bits per heavy atom. The number of anilines is 1. The van der Waals surface area contributed by atoms with Crippen molar-refractivity contribution in [1.82, 2.24) is 36.1 Å². The molecule has 0 aliphatic carbocycles. The Labute approximate surface area is 512 Å². The zero-order chi connectivity index (χ0) is 64.4. The Morgan fingerprint density at radius 2 is 1.47 bits per heavy atom. The van der Waals surface area contributed by atoms with Gasteiger partial charge < -0.3 is 56.7 Å². The molecule has 24 nitrogen and oxygen atoms in total. The number of carboxylic acid groups (broad SMARTS) is 2. The summed E-state index contributed by atoms with van der Waals surface area (Å²) in [6.07, 6.45) is 3.66. The Hall–Kier alpha value is -7.90. The summed E-state index contributed by atoms with van der Waals surface area (Å²) >= 11 is 1.13. The molecule has 3 aromatic rings. The van der Waals surface area contributed by atoms with Crippen molar-refractivity contribution in [3.8, 4) is 0 Å². The number of esters is 1. The third-order valence-corrected chi connectivity index (χ3v) is 17.3. The van der Waals surface area contributed by atoms with E-state index in [2.05, 4.69) is 31.6 Å². The van der Waals surface area contributed by atoms with E-state index in [1.54, 1.807) is 62.4 Å². The van der Waals surface area contributed by atoms with E-state index in [1.165, 1.54) is 6.92 Å². The molecule has 474 valence electrons. The van der Waals surface area contributed by atoms with Gasteiger partial charge in [0, 0.05) is 80.6 Å². The summed E-state index contributed by atoms with van der Waals surface area (Å²) < 4.78 is 6.16. The molecule has 87 heavy (non-hydrogen) atoms. The smallest absolute Gasteiger partial charge is 0.306 e. The van der Waals surface area contributed by atoms with Crippen LogP contribution in [0.1, 0.15) is 139 Å². The molecular formula is C62H87N10O14S+. The number of nitrogens with one attached hydrogen (secondary N) is 5. The number of ether oxygens (including phenoxy) is 1. The first-order valence-electron chi connectivity index (χ1n) is 29.7. The van der Waals surface area contributed by atoms with Crippen molar-refractivity contribution in [2.45, 2.75) is 168 Å². The maximum absolute atomic E-state index is 14.9. The van der Waals surface area contributed by atoms with Crippen LogP contribution in [0.2, 0.25) is 0 Å². The average molecular weight is 1230 g/mol. The highest BCUT2D eigenvalue weighted by Crippen LogP contribution is 2.33. The summed E-state index contributed by atoms with van der Waals surface area (Å²) in [6.45, 7) is 14.4. The van der Waals surface area contributed by atoms with Gasteiger partial charge in [-0.2, -0.15) is 0 Å². The molecule has 0 spiro atoms. The van der Waals surface area contributed by atoms with Gasteiger partial charge >= 0.3 is 17.9 Å². The highest BCUT2D eigenvalue weighted by atomic mass is 32.1. The first-order valence-corrected chi connectivity index (χ1v) is 30.5. The van der Waals surface area contributed by atoms with E-state index in [4.69, 9.17) is 10.5 Å². The molecule has 2 aliphatic heterocycles. The van der Waals surface area contributed by atoms with Crippen LogP contribution in [0.5, 0.6) is 0 Å². The van der Waals surface area contributed by atoms with Crippen molar-refractivity contribution in [1.29, 1.82) is 0 Å². The lowest BCUT2D eigenvalue weighted by molar-refractivity contribution is -0.942. The van der Waals surface area contributed by atoms with Gasteiger partial charge in [-0.15, -0.1) is 11.3 Å². The summed E-state index contributed by atoms with van der Waals surface area (Å²) in [5.41, 5.74) is 7.91. The number of carbonyl (C=O) groups is 11. The number of likely N-dealkylation sites (tertiary alicyclic amines) is 1. The minimum Gasteiger partial charge on any atom is -0.481 e. The number of nitrogens with zero attached hydrogens (tertiary/aromatic N) is 4. The van der Waals surface area contributed by atoms with Gasteiger partial charge in [0.05, 0.1) is 19.5 Å². The molecule has 3 unspecified atom stereocenters. The van der Waals surface area contributed by atoms with Gasteiger partial charge in [0.2, 0.25) is 23.6 Å². The Morgan fingerprint density at radius 1 is 0.816 bits per heavy atom. The quantitative estimate of drug-likeness (QED) is 0.0243. The first-order chi connectivity index (χ1) is 41.1. The molecule has 11 atom stereocenters. The van der Waals surface area contributed by atoms with E-state index >= 15 is 0 Å². The molecule has 0 bridgehead atoms. The van der Waals surface area contributed by atoms with E-state index in [-0.39, 0.29) is 48.6 Å². The first kappa shape index (κ1) is 69.9. The third-order valence-electron chi connectivity index (χ3n) is 16.3. The number of aromatic nitrogens is 1. The summed E-state index contributed by atoms with van der Waals surface area (Å²) in [5, 5.41) is 35.1. The van der Waals surface area contributed by atoms with Crippen molar-refractivity contribution in [3.05, 3.63) is 94.0 Å². The van der Waals surface area contributed by atoms with E-state index < -0.39 is 127 Å². The van der Waals surface area contributed by atoms with E-state index in [9.17, 15) is 63.0 Å². The topological polar surface area (TPSA) is 343 Å². The summed E-state index contributed by atoms with van der Waals surface area (Å²) in [6, 6.07) is 9.69. The lowest BCUT2D eigenvalue weighted by Gasteiger charge is -2.44. The van der Waals surface area contributed by atoms with Crippen LogP contribution in [0.25, 0.3) is 0 Å². The number of nitrogens with two attached hydrogens (primary N) is 1. The van der Waals surface area contributed by atoms with Gasteiger partial charge in [0.15, 0.2) is 12.1 Å². The summed E-state index contributed by atoms with van der Waals surface area (Å²) in [7, 11) is 3.66. The number of aliphatic carboxylic acids is 2. The van der Waals surface area contributed by atoms with E-state index in [1.807, 2.05) is 65.1 Å². The number of hydrogen-bond acceptors (Lipinski definition) is 15. The second-order valence-corrected chi connectivity index (χ2v) is 24.7. The lowest BCUT2D eigenvalue weighted by Crippen LogP contribution is -2.63. The minimum absolute atomic E-state index is 0.0663. The van der Waals surface area contributed by atoms with Gasteiger partial charge in [-0.25, -0.2) is 4.98 Å². The number of rotatable bonds is 32.